The third kappa shape index (κ3) is 5.58. The van der Waals surface area contributed by atoms with E-state index >= 15 is 0 Å². The summed E-state index contributed by atoms with van der Waals surface area (Å²) in [5.74, 6) is 0. The van der Waals surface area contributed by atoms with E-state index in [9.17, 15) is 0 Å². The molecular formula is C11H26N2O. The zero-order valence-electron chi connectivity index (χ0n) is 10.1. The van der Waals surface area contributed by atoms with Crippen LogP contribution in [-0.4, -0.2) is 43.8 Å². The molecule has 3 heteroatoms. The highest BCUT2D eigenvalue weighted by Gasteiger charge is 2.14. The Bertz CT molecular complexity index is 130. The Labute approximate surface area is 88.6 Å². The summed E-state index contributed by atoms with van der Waals surface area (Å²) in [5.41, 5.74) is 6.01. The van der Waals surface area contributed by atoms with E-state index in [1.807, 2.05) is 0 Å². The number of nitrogens with zero attached hydrogens (tertiary/aromatic N) is 1. The van der Waals surface area contributed by atoms with Gasteiger partial charge in [-0.25, -0.2) is 0 Å². The standard InChI is InChI=1S/C11H26N2O/c1-5-7-11(12)8-13(6-2)10(3)9-14-4/h10-11H,5-9,12H2,1-4H3. The van der Waals surface area contributed by atoms with E-state index in [1.54, 1.807) is 7.11 Å². The summed E-state index contributed by atoms with van der Waals surface area (Å²) in [4.78, 5) is 2.38. The Morgan fingerprint density at radius 3 is 2.43 bits per heavy atom. The van der Waals surface area contributed by atoms with Gasteiger partial charge in [-0.1, -0.05) is 20.3 Å². The summed E-state index contributed by atoms with van der Waals surface area (Å²) in [6.45, 7) is 9.34. The number of likely N-dealkylation sites (N-methyl/N-ethyl adjacent to an activating group) is 1. The third-order valence-corrected chi connectivity index (χ3v) is 2.57. The SMILES string of the molecule is CCCC(N)CN(CC)C(C)COC. The third-order valence-electron chi connectivity index (χ3n) is 2.57. The van der Waals surface area contributed by atoms with Crippen LogP contribution in [0, 0.1) is 0 Å². The highest BCUT2D eigenvalue weighted by atomic mass is 16.5. The number of nitrogens with two attached hydrogens (primary N) is 1. The second-order valence-electron chi connectivity index (χ2n) is 3.94. The van der Waals surface area contributed by atoms with Crippen molar-refractivity contribution in [1.82, 2.24) is 4.90 Å². The van der Waals surface area contributed by atoms with Crippen LogP contribution >= 0.6 is 0 Å². The number of rotatable bonds is 8. The topological polar surface area (TPSA) is 38.5 Å². The average molecular weight is 202 g/mol. The van der Waals surface area contributed by atoms with Crippen molar-refractivity contribution in [2.75, 3.05) is 26.8 Å². The van der Waals surface area contributed by atoms with Crippen molar-refractivity contribution in [1.29, 1.82) is 0 Å². The highest BCUT2D eigenvalue weighted by Crippen LogP contribution is 2.03. The molecule has 0 radical (unpaired) electrons. The molecule has 2 N–H and O–H groups in total. The van der Waals surface area contributed by atoms with Crippen LogP contribution in [0.4, 0.5) is 0 Å². The molecule has 0 aliphatic rings. The van der Waals surface area contributed by atoms with Gasteiger partial charge in [0, 0.05) is 25.7 Å². The van der Waals surface area contributed by atoms with Gasteiger partial charge in [-0.15, -0.1) is 0 Å². The van der Waals surface area contributed by atoms with Crippen molar-refractivity contribution in [3.63, 3.8) is 0 Å². The van der Waals surface area contributed by atoms with Gasteiger partial charge in [0.1, 0.15) is 0 Å². The van der Waals surface area contributed by atoms with Gasteiger partial charge in [0.25, 0.3) is 0 Å². The molecule has 0 rings (SSSR count). The Hall–Kier alpha value is -0.120. The fraction of sp³-hybridized carbons (Fsp3) is 1.00. The lowest BCUT2D eigenvalue weighted by Crippen LogP contribution is -2.43. The number of ether oxygens (including phenoxy) is 1. The molecular weight excluding hydrogens is 176 g/mol. The normalized spacial score (nSPS) is 15.9. The van der Waals surface area contributed by atoms with Crippen molar-refractivity contribution in [2.24, 2.45) is 5.73 Å². The van der Waals surface area contributed by atoms with Gasteiger partial charge in [-0.3, -0.25) is 4.90 Å². The van der Waals surface area contributed by atoms with Crippen LogP contribution < -0.4 is 5.73 Å². The predicted molar refractivity (Wildman–Crippen MR) is 61.5 cm³/mol. The number of methoxy groups -OCH3 is 1. The maximum Gasteiger partial charge on any atom is 0.0615 e. The molecule has 0 aliphatic carbocycles. The molecule has 0 aliphatic heterocycles. The number of hydrogen-bond acceptors (Lipinski definition) is 3. The summed E-state index contributed by atoms with van der Waals surface area (Å²) >= 11 is 0. The zero-order valence-corrected chi connectivity index (χ0v) is 10.1. The van der Waals surface area contributed by atoms with E-state index < -0.39 is 0 Å². The van der Waals surface area contributed by atoms with Crippen LogP contribution in [0.25, 0.3) is 0 Å². The molecule has 0 aromatic rings. The first-order chi connectivity index (χ1) is 6.65. The summed E-state index contributed by atoms with van der Waals surface area (Å²) in [7, 11) is 1.75. The molecule has 86 valence electrons. The van der Waals surface area contributed by atoms with Crippen LogP contribution in [0.15, 0.2) is 0 Å². The number of hydrogen-bond donors (Lipinski definition) is 1. The lowest BCUT2D eigenvalue weighted by Gasteiger charge is -2.29. The van der Waals surface area contributed by atoms with Gasteiger partial charge in [0.15, 0.2) is 0 Å². The van der Waals surface area contributed by atoms with Gasteiger partial charge in [0.05, 0.1) is 6.61 Å². The molecule has 0 heterocycles. The molecule has 0 saturated carbocycles. The quantitative estimate of drug-likeness (QED) is 0.648. The first-order valence-electron chi connectivity index (χ1n) is 5.64. The Morgan fingerprint density at radius 2 is 2.00 bits per heavy atom. The van der Waals surface area contributed by atoms with Gasteiger partial charge in [-0.2, -0.15) is 0 Å². The van der Waals surface area contributed by atoms with Crippen molar-refractivity contribution in [3.05, 3.63) is 0 Å². The van der Waals surface area contributed by atoms with Crippen molar-refractivity contribution in [3.8, 4) is 0 Å². The second-order valence-corrected chi connectivity index (χ2v) is 3.94. The minimum Gasteiger partial charge on any atom is -0.383 e. The van der Waals surface area contributed by atoms with E-state index in [2.05, 4.69) is 25.7 Å². The first-order valence-corrected chi connectivity index (χ1v) is 5.64. The fourth-order valence-electron chi connectivity index (χ4n) is 1.73. The molecule has 0 aromatic carbocycles. The van der Waals surface area contributed by atoms with Crippen LogP contribution in [-0.2, 0) is 4.74 Å². The summed E-state index contributed by atoms with van der Waals surface area (Å²) in [5, 5.41) is 0. The average Bonchev–Trinajstić information content (AvgIpc) is 2.15. The minimum absolute atomic E-state index is 0.305. The molecule has 3 nitrogen and oxygen atoms in total. The molecule has 2 atom stereocenters. The molecule has 0 saturated heterocycles. The molecule has 0 fully saturated rings. The Kier molecular flexibility index (Phi) is 8.14. The molecule has 0 spiro atoms. The Morgan fingerprint density at radius 1 is 1.36 bits per heavy atom. The summed E-state index contributed by atoms with van der Waals surface area (Å²) in [6, 6.07) is 0.771. The molecule has 0 bridgehead atoms. The van der Waals surface area contributed by atoms with Crippen LogP contribution in [0.5, 0.6) is 0 Å². The molecule has 14 heavy (non-hydrogen) atoms. The van der Waals surface area contributed by atoms with Gasteiger partial charge in [0.2, 0.25) is 0 Å². The zero-order chi connectivity index (χ0) is 11.0. The molecule has 0 aromatic heterocycles. The lowest BCUT2D eigenvalue weighted by atomic mass is 10.1. The maximum atomic E-state index is 6.01. The van der Waals surface area contributed by atoms with Gasteiger partial charge >= 0.3 is 0 Å². The van der Waals surface area contributed by atoms with Crippen LogP contribution in [0.3, 0.4) is 0 Å². The maximum absolute atomic E-state index is 6.01. The van der Waals surface area contributed by atoms with E-state index in [4.69, 9.17) is 10.5 Å². The van der Waals surface area contributed by atoms with Gasteiger partial charge < -0.3 is 10.5 Å². The largest absolute Gasteiger partial charge is 0.383 e. The van der Waals surface area contributed by atoms with E-state index in [-0.39, 0.29) is 0 Å². The summed E-state index contributed by atoms with van der Waals surface area (Å²) < 4.78 is 5.15. The first kappa shape index (κ1) is 13.9. The predicted octanol–water partition coefficient (Wildman–Crippen LogP) is 1.47. The van der Waals surface area contributed by atoms with Crippen molar-refractivity contribution in [2.45, 2.75) is 45.7 Å². The highest BCUT2D eigenvalue weighted by molar-refractivity contribution is 4.71. The van der Waals surface area contributed by atoms with Crippen LogP contribution in [0.1, 0.15) is 33.6 Å². The second kappa shape index (κ2) is 8.21. The van der Waals surface area contributed by atoms with Crippen molar-refractivity contribution < 1.29 is 4.74 Å². The smallest absolute Gasteiger partial charge is 0.0615 e. The van der Waals surface area contributed by atoms with E-state index in [1.165, 1.54) is 0 Å². The lowest BCUT2D eigenvalue weighted by molar-refractivity contribution is 0.0979. The fourth-order valence-corrected chi connectivity index (χ4v) is 1.73. The monoisotopic (exact) mass is 202 g/mol. The Balaban J connectivity index is 3.87. The van der Waals surface area contributed by atoms with E-state index in [0.717, 1.165) is 32.5 Å². The molecule has 0 amide bonds. The minimum atomic E-state index is 0.305. The van der Waals surface area contributed by atoms with Crippen molar-refractivity contribution >= 4 is 0 Å². The van der Waals surface area contributed by atoms with Gasteiger partial charge in [-0.05, 0) is 19.9 Å². The molecule has 2 unspecified atom stereocenters. The summed E-state index contributed by atoms with van der Waals surface area (Å²) in [6.07, 6.45) is 2.27. The van der Waals surface area contributed by atoms with E-state index in [0.29, 0.717) is 12.1 Å². The van der Waals surface area contributed by atoms with Crippen LogP contribution in [0.2, 0.25) is 0 Å².